The van der Waals surface area contributed by atoms with Gasteiger partial charge in [-0.3, -0.25) is 9.13 Å². The molecule has 30 heavy (non-hydrogen) atoms. The molecule has 1 aliphatic carbocycles. The average molecular weight is 409 g/mol. The average Bonchev–Trinajstić information content (AvgIpc) is 3.18. The summed E-state index contributed by atoms with van der Waals surface area (Å²) in [6.45, 7) is 2.73. The fourth-order valence-electron chi connectivity index (χ4n) is 4.65. The molecule has 2 N–H and O–H groups in total. The SMILES string of the molecule is Cc1cc2c(cc1Nc1ncc3c(n1)n(C1CCCCC(O)C1)c(=O)n3C)CCO2. The Labute approximate surface area is 174 Å². The van der Waals surface area contributed by atoms with E-state index in [2.05, 4.69) is 16.4 Å². The number of aromatic nitrogens is 4. The summed E-state index contributed by atoms with van der Waals surface area (Å²) in [6, 6.07) is 4.07. The monoisotopic (exact) mass is 409 g/mol. The summed E-state index contributed by atoms with van der Waals surface area (Å²) in [5.41, 5.74) is 4.37. The third kappa shape index (κ3) is 3.25. The zero-order chi connectivity index (χ0) is 20.8. The first-order valence-corrected chi connectivity index (χ1v) is 10.7. The van der Waals surface area contributed by atoms with Gasteiger partial charge >= 0.3 is 5.69 Å². The van der Waals surface area contributed by atoms with Crippen LogP contribution >= 0.6 is 0 Å². The van der Waals surface area contributed by atoms with Gasteiger partial charge in [-0.05, 0) is 49.4 Å². The molecule has 2 aromatic heterocycles. The van der Waals surface area contributed by atoms with Crippen molar-refractivity contribution in [2.45, 2.75) is 57.6 Å². The molecular weight excluding hydrogens is 382 g/mol. The van der Waals surface area contributed by atoms with Crippen LogP contribution in [0.4, 0.5) is 11.6 Å². The first kappa shape index (κ1) is 19.1. The Morgan fingerprint density at radius 3 is 2.97 bits per heavy atom. The summed E-state index contributed by atoms with van der Waals surface area (Å²) in [7, 11) is 1.75. The van der Waals surface area contributed by atoms with Gasteiger partial charge in [0.25, 0.3) is 0 Å². The smallest absolute Gasteiger partial charge is 0.330 e. The highest BCUT2D eigenvalue weighted by atomic mass is 16.5. The molecule has 2 unspecified atom stereocenters. The predicted molar refractivity (Wildman–Crippen MR) is 115 cm³/mol. The molecule has 8 heteroatoms. The van der Waals surface area contributed by atoms with E-state index in [9.17, 15) is 9.90 Å². The number of fused-ring (bicyclic) bond motifs is 2. The van der Waals surface area contributed by atoms with Gasteiger partial charge in [0.05, 0.1) is 18.9 Å². The third-order valence-electron chi connectivity index (χ3n) is 6.35. The van der Waals surface area contributed by atoms with Gasteiger partial charge in [-0.15, -0.1) is 0 Å². The number of rotatable bonds is 3. The van der Waals surface area contributed by atoms with E-state index in [0.29, 0.717) is 30.1 Å². The molecule has 3 aromatic rings. The quantitative estimate of drug-likeness (QED) is 0.646. The van der Waals surface area contributed by atoms with Crippen molar-refractivity contribution in [3.8, 4) is 5.75 Å². The molecule has 2 aliphatic rings. The molecule has 8 nitrogen and oxygen atoms in total. The number of ether oxygens (including phenoxy) is 1. The molecule has 3 heterocycles. The van der Waals surface area contributed by atoms with Gasteiger partial charge in [0, 0.05) is 25.2 Å². The number of nitrogens with one attached hydrogen (secondary N) is 1. The molecule has 1 saturated carbocycles. The summed E-state index contributed by atoms with van der Waals surface area (Å²) >= 11 is 0. The molecule has 158 valence electrons. The van der Waals surface area contributed by atoms with Crippen LogP contribution in [0.1, 0.15) is 49.3 Å². The molecule has 0 bridgehead atoms. The number of aliphatic hydroxyl groups is 1. The third-order valence-corrected chi connectivity index (χ3v) is 6.35. The van der Waals surface area contributed by atoms with Crippen LogP contribution in [0.2, 0.25) is 0 Å². The summed E-state index contributed by atoms with van der Waals surface area (Å²) in [6.07, 6.45) is 6.43. The number of hydrogen-bond acceptors (Lipinski definition) is 6. The van der Waals surface area contributed by atoms with E-state index in [1.54, 1.807) is 22.4 Å². The Morgan fingerprint density at radius 2 is 2.10 bits per heavy atom. The highest BCUT2D eigenvalue weighted by molar-refractivity contribution is 5.73. The van der Waals surface area contributed by atoms with E-state index in [4.69, 9.17) is 9.72 Å². The summed E-state index contributed by atoms with van der Waals surface area (Å²) in [5.74, 6) is 1.40. The van der Waals surface area contributed by atoms with Crippen LogP contribution in [0, 0.1) is 6.92 Å². The Bertz CT molecular complexity index is 1170. The molecule has 0 spiro atoms. The second-order valence-electron chi connectivity index (χ2n) is 8.44. The number of nitrogens with zero attached hydrogens (tertiary/aromatic N) is 4. The van der Waals surface area contributed by atoms with Crippen LogP contribution in [-0.4, -0.2) is 36.9 Å². The lowest BCUT2D eigenvalue weighted by atomic mass is 10.1. The van der Waals surface area contributed by atoms with Crippen molar-refractivity contribution in [3.63, 3.8) is 0 Å². The lowest BCUT2D eigenvalue weighted by Crippen LogP contribution is -2.28. The molecular formula is C22H27N5O3. The van der Waals surface area contributed by atoms with Gasteiger partial charge in [0.1, 0.15) is 11.3 Å². The van der Waals surface area contributed by atoms with E-state index in [-0.39, 0.29) is 17.8 Å². The molecule has 1 aromatic carbocycles. The van der Waals surface area contributed by atoms with Gasteiger partial charge in [-0.1, -0.05) is 12.8 Å². The fourth-order valence-corrected chi connectivity index (χ4v) is 4.65. The van der Waals surface area contributed by atoms with Crippen LogP contribution in [0.15, 0.2) is 23.1 Å². The van der Waals surface area contributed by atoms with Crippen molar-refractivity contribution in [3.05, 3.63) is 39.9 Å². The summed E-state index contributed by atoms with van der Waals surface area (Å²) in [5, 5.41) is 13.6. The zero-order valence-corrected chi connectivity index (χ0v) is 17.4. The van der Waals surface area contributed by atoms with Gasteiger partial charge in [0.15, 0.2) is 5.65 Å². The lowest BCUT2D eigenvalue weighted by Gasteiger charge is -2.18. The maximum absolute atomic E-state index is 13.0. The van der Waals surface area contributed by atoms with Gasteiger partial charge < -0.3 is 15.2 Å². The largest absolute Gasteiger partial charge is 0.493 e. The highest BCUT2D eigenvalue weighted by Crippen LogP contribution is 2.33. The van der Waals surface area contributed by atoms with Crippen molar-refractivity contribution in [1.82, 2.24) is 19.1 Å². The van der Waals surface area contributed by atoms with Crippen LogP contribution in [-0.2, 0) is 13.5 Å². The number of benzene rings is 1. The van der Waals surface area contributed by atoms with E-state index >= 15 is 0 Å². The normalized spacial score (nSPS) is 21.3. The zero-order valence-electron chi connectivity index (χ0n) is 17.4. The van der Waals surface area contributed by atoms with Crippen molar-refractivity contribution in [2.24, 2.45) is 7.05 Å². The second kappa shape index (κ2) is 7.43. The van der Waals surface area contributed by atoms with Gasteiger partial charge in [-0.25, -0.2) is 9.78 Å². The number of anilines is 2. The first-order valence-electron chi connectivity index (χ1n) is 10.7. The van der Waals surface area contributed by atoms with Crippen LogP contribution in [0.3, 0.4) is 0 Å². The number of aliphatic hydroxyl groups excluding tert-OH is 1. The van der Waals surface area contributed by atoms with Crippen LogP contribution in [0.5, 0.6) is 5.75 Å². The molecule has 1 fully saturated rings. The van der Waals surface area contributed by atoms with Crippen molar-refractivity contribution in [2.75, 3.05) is 11.9 Å². The van der Waals surface area contributed by atoms with Crippen molar-refractivity contribution < 1.29 is 9.84 Å². The molecule has 1 aliphatic heterocycles. The summed E-state index contributed by atoms with van der Waals surface area (Å²) in [4.78, 5) is 22.2. The van der Waals surface area contributed by atoms with E-state index in [1.807, 2.05) is 13.0 Å². The highest BCUT2D eigenvalue weighted by Gasteiger charge is 2.25. The minimum Gasteiger partial charge on any atom is -0.493 e. The standard InChI is InChI=1S/C22H27N5O3/c1-13-9-19-14(7-8-30-19)10-17(13)24-21-23-12-18-20(25-21)27(22(29)26(18)2)15-5-3-4-6-16(28)11-15/h9-10,12,15-16,28H,3-8,11H2,1-2H3,(H,23,24,25). The Balaban J connectivity index is 1.55. The molecule has 2 atom stereocenters. The van der Waals surface area contributed by atoms with E-state index in [0.717, 1.165) is 49.1 Å². The number of hydrogen-bond donors (Lipinski definition) is 2. The fraction of sp³-hybridized carbons (Fsp3) is 0.500. The topological polar surface area (TPSA) is 94.2 Å². The lowest BCUT2D eigenvalue weighted by molar-refractivity contribution is 0.142. The molecule has 5 rings (SSSR count). The molecule has 0 saturated heterocycles. The summed E-state index contributed by atoms with van der Waals surface area (Å²) < 4.78 is 8.98. The number of imidazole rings is 1. The van der Waals surface area contributed by atoms with Crippen molar-refractivity contribution >= 4 is 22.8 Å². The Kier molecular flexibility index (Phi) is 4.73. The first-order chi connectivity index (χ1) is 14.5. The molecule has 0 radical (unpaired) electrons. The van der Waals surface area contributed by atoms with E-state index in [1.165, 1.54) is 5.56 Å². The number of aryl methyl sites for hydroxylation is 2. The van der Waals surface area contributed by atoms with Crippen LogP contribution < -0.4 is 15.7 Å². The van der Waals surface area contributed by atoms with E-state index < -0.39 is 0 Å². The maximum atomic E-state index is 13.0. The minimum atomic E-state index is -0.379. The van der Waals surface area contributed by atoms with Gasteiger partial charge in [-0.2, -0.15) is 4.98 Å². The Hall–Kier alpha value is -2.87. The van der Waals surface area contributed by atoms with Crippen molar-refractivity contribution in [1.29, 1.82) is 0 Å². The van der Waals surface area contributed by atoms with Gasteiger partial charge in [0.2, 0.25) is 5.95 Å². The maximum Gasteiger partial charge on any atom is 0.330 e. The minimum absolute atomic E-state index is 0.0553. The predicted octanol–water partition coefficient (Wildman–Crippen LogP) is 2.98. The van der Waals surface area contributed by atoms with Crippen LogP contribution in [0.25, 0.3) is 11.2 Å². The second-order valence-corrected chi connectivity index (χ2v) is 8.44. The molecule has 0 amide bonds. The Morgan fingerprint density at radius 1 is 1.27 bits per heavy atom.